The van der Waals surface area contributed by atoms with Gasteiger partial charge in [0.2, 0.25) is 0 Å². The van der Waals surface area contributed by atoms with Crippen LogP contribution in [0.4, 0.5) is 5.69 Å². The van der Waals surface area contributed by atoms with E-state index in [2.05, 4.69) is 5.32 Å². The summed E-state index contributed by atoms with van der Waals surface area (Å²) in [5.41, 5.74) is 1.79. The van der Waals surface area contributed by atoms with Crippen LogP contribution in [0.25, 0.3) is 0 Å². The topological polar surface area (TPSA) is 110 Å². The van der Waals surface area contributed by atoms with Crippen LogP contribution in [0.5, 0.6) is 5.75 Å². The predicted molar refractivity (Wildman–Crippen MR) is 147 cm³/mol. The molecule has 0 aromatic heterocycles. The Morgan fingerprint density at radius 1 is 0.947 bits per heavy atom. The van der Waals surface area contributed by atoms with Gasteiger partial charge in [-0.3, -0.25) is 9.10 Å². The molecule has 202 valence electrons. The van der Waals surface area contributed by atoms with E-state index in [1.165, 1.54) is 28.6 Å². The molecular weight excluding hydrogens is 524 g/mol. The van der Waals surface area contributed by atoms with Crippen molar-refractivity contribution < 1.29 is 26.4 Å². The third-order valence-corrected chi connectivity index (χ3v) is 9.41. The van der Waals surface area contributed by atoms with E-state index in [-0.39, 0.29) is 21.8 Å². The number of rotatable bonds is 6. The first-order chi connectivity index (χ1) is 17.7. The molecule has 0 spiro atoms. The molecular formula is C28H32N2O6S2. The number of fused-ring (bicyclic) bond motifs is 1. The van der Waals surface area contributed by atoms with Crippen LogP contribution < -0.4 is 14.4 Å². The molecule has 0 radical (unpaired) electrons. The summed E-state index contributed by atoms with van der Waals surface area (Å²) in [4.78, 5) is 13.6. The van der Waals surface area contributed by atoms with Gasteiger partial charge in [-0.25, -0.2) is 16.8 Å². The number of carbonyl (C=O) groups is 1. The summed E-state index contributed by atoms with van der Waals surface area (Å²) in [6, 6.07) is 19.3. The minimum atomic E-state index is -3.99. The third-order valence-electron chi connectivity index (χ3n) is 6.49. The number of sulfonamides is 1. The highest BCUT2D eigenvalue weighted by Crippen LogP contribution is 2.40. The van der Waals surface area contributed by atoms with Crippen molar-refractivity contribution in [2.75, 3.05) is 17.1 Å². The number of hydrogen-bond acceptors (Lipinski definition) is 6. The second-order valence-corrected chi connectivity index (χ2v) is 14.3. The zero-order valence-corrected chi connectivity index (χ0v) is 23.6. The highest BCUT2D eigenvalue weighted by atomic mass is 32.2. The van der Waals surface area contributed by atoms with Gasteiger partial charge in [-0.1, -0.05) is 57.2 Å². The molecule has 10 heteroatoms. The number of nitrogens with zero attached hydrogens (tertiary/aromatic N) is 1. The molecule has 1 aliphatic rings. The van der Waals surface area contributed by atoms with Crippen molar-refractivity contribution >= 4 is 31.5 Å². The Morgan fingerprint density at radius 3 is 2.16 bits per heavy atom. The number of benzene rings is 3. The van der Waals surface area contributed by atoms with Crippen molar-refractivity contribution in [3.8, 4) is 5.75 Å². The van der Waals surface area contributed by atoms with Gasteiger partial charge in [0.1, 0.15) is 5.75 Å². The summed E-state index contributed by atoms with van der Waals surface area (Å²) >= 11 is 0. The van der Waals surface area contributed by atoms with Gasteiger partial charge in [-0.15, -0.1) is 0 Å². The van der Waals surface area contributed by atoms with Crippen LogP contribution in [0, 0.1) is 0 Å². The lowest BCUT2D eigenvalue weighted by atomic mass is 9.86. The molecule has 2 atom stereocenters. The fourth-order valence-electron chi connectivity index (χ4n) is 4.20. The number of hydrogen-bond donors (Lipinski definition) is 1. The first-order valence-corrected chi connectivity index (χ1v) is 15.5. The monoisotopic (exact) mass is 556 g/mol. The molecule has 0 unspecified atom stereocenters. The van der Waals surface area contributed by atoms with Crippen molar-refractivity contribution in [2.24, 2.45) is 0 Å². The van der Waals surface area contributed by atoms with E-state index in [0.29, 0.717) is 17.0 Å². The maximum absolute atomic E-state index is 13.7. The Bertz CT molecular complexity index is 1550. The number of carbonyl (C=O) groups excluding carboxylic acids is 1. The van der Waals surface area contributed by atoms with Crippen LogP contribution in [0.2, 0.25) is 0 Å². The molecule has 1 heterocycles. The number of amides is 1. The molecule has 1 N–H and O–H groups in total. The Hall–Kier alpha value is -3.37. The number of nitrogens with one attached hydrogen (secondary N) is 1. The van der Waals surface area contributed by atoms with Crippen LogP contribution in [-0.4, -0.2) is 41.6 Å². The molecule has 0 saturated heterocycles. The highest BCUT2D eigenvalue weighted by Gasteiger charge is 2.38. The molecule has 38 heavy (non-hydrogen) atoms. The minimum absolute atomic E-state index is 0.118. The molecule has 0 bridgehead atoms. The highest BCUT2D eigenvalue weighted by molar-refractivity contribution is 7.92. The summed E-state index contributed by atoms with van der Waals surface area (Å²) in [5, 5.41) is 2.87. The molecule has 1 amide bonds. The molecule has 0 fully saturated rings. The molecule has 0 saturated carbocycles. The van der Waals surface area contributed by atoms with E-state index < -0.39 is 37.9 Å². The van der Waals surface area contributed by atoms with E-state index in [1.807, 2.05) is 26.8 Å². The zero-order chi connectivity index (χ0) is 27.9. The van der Waals surface area contributed by atoms with Crippen LogP contribution in [0.3, 0.4) is 0 Å². The minimum Gasteiger partial charge on any atom is -0.476 e. The average molecular weight is 557 g/mol. The fraction of sp³-hybridized carbons (Fsp3) is 0.321. The van der Waals surface area contributed by atoms with Gasteiger partial charge in [0.15, 0.2) is 15.9 Å². The van der Waals surface area contributed by atoms with Gasteiger partial charge in [0, 0.05) is 6.26 Å². The largest absolute Gasteiger partial charge is 0.476 e. The second-order valence-electron chi connectivity index (χ2n) is 10.5. The fourth-order valence-corrected chi connectivity index (χ4v) is 6.31. The normalized spacial score (nSPS) is 16.8. The van der Waals surface area contributed by atoms with Crippen molar-refractivity contribution in [1.82, 2.24) is 5.32 Å². The maximum Gasteiger partial charge on any atom is 0.264 e. The van der Waals surface area contributed by atoms with Gasteiger partial charge in [0.25, 0.3) is 15.9 Å². The third kappa shape index (κ3) is 5.71. The van der Waals surface area contributed by atoms with Crippen LogP contribution in [0.15, 0.2) is 82.6 Å². The number of anilines is 1. The van der Waals surface area contributed by atoms with Gasteiger partial charge in [-0.05, 0) is 59.9 Å². The standard InChI is InChI=1S/C28H32N2O6S2/c1-19(20-11-14-22(15-12-20)37(5,32)33)29-27(31)26-18-30(38(34,35)23-9-7-6-8-10-23)24-17-21(28(2,3)4)13-16-25(24)36-26/h6-17,19,26H,18H2,1-5H3,(H,29,31)/t19-,26-/m1/s1. The zero-order valence-electron chi connectivity index (χ0n) is 22.0. The average Bonchev–Trinajstić information content (AvgIpc) is 2.87. The molecule has 1 aliphatic heterocycles. The van der Waals surface area contributed by atoms with E-state index in [9.17, 15) is 21.6 Å². The summed E-state index contributed by atoms with van der Waals surface area (Å²) in [6.07, 6.45) is 0.0322. The Labute approximate surface area is 224 Å². The van der Waals surface area contributed by atoms with Crippen LogP contribution >= 0.6 is 0 Å². The van der Waals surface area contributed by atoms with Crippen molar-refractivity contribution in [2.45, 2.75) is 55.0 Å². The Balaban J connectivity index is 1.65. The van der Waals surface area contributed by atoms with Gasteiger partial charge in [0.05, 0.1) is 28.1 Å². The molecule has 8 nitrogen and oxygen atoms in total. The number of sulfone groups is 1. The van der Waals surface area contributed by atoms with Crippen LogP contribution in [0.1, 0.15) is 44.9 Å². The smallest absolute Gasteiger partial charge is 0.264 e. The van der Waals surface area contributed by atoms with Gasteiger partial charge < -0.3 is 10.1 Å². The lowest BCUT2D eigenvalue weighted by molar-refractivity contribution is -0.128. The molecule has 3 aromatic rings. The lowest BCUT2D eigenvalue weighted by Gasteiger charge is -2.36. The summed E-state index contributed by atoms with van der Waals surface area (Å²) in [5.74, 6) is -0.183. The summed E-state index contributed by atoms with van der Waals surface area (Å²) in [7, 11) is -7.33. The maximum atomic E-state index is 13.7. The first kappa shape index (κ1) is 27.7. The molecule has 4 rings (SSSR count). The molecule has 0 aliphatic carbocycles. The van der Waals surface area contributed by atoms with Crippen molar-refractivity contribution in [3.05, 3.63) is 83.9 Å². The SMILES string of the molecule is C[C@@H](NC(=O)[C@H]1CN(S(=O)(=O)c2ccccc2)c2cc(C(C)(C)C)ccc2O1)c1ccc(S(C)(=O)=O)cc1. The molecule has 3 aromatic carbocycles. The van der Waals surface area contributed by atoms with E-state index >= 15 is 0 Å². The van der Waals surface area contributed by atoms with Crippen molar-refractivity contribution in [3.63, 3.8) is 0 Å². The second kappa shape index (κ2) is 10.1. The summed E-state index contributed by atoms with van der Waals surface area (Å²) < 4.78 is 58.2. The quantitative estimate of drug-likeness (QED) is 0.487. The van der Waals surface area contributed by atoms with Gasteiger partial charge >= 0.3 is 0 Å². The van der Waals surface area contributed by atoms with E-state index in [1.54, 1.807) is 49.4 Å². The number of ether oxygens (including phenoxy) is 1. The summed E-state index contributed by atoms with van der Waals surface area (Å²) in [6.45, 7) is 7.67. The lowest BCUT2D eigenvalue weighted by Crippen LogP contribution is -2.51. The van der Waals surface area contributed by atoms with E-state index in [0.717, 1.165) is 11.8 Å². The first-order valence-electron chi connectivity index (χ1n) is 12.2. The van der Waals surface area contributed by atoms with Crippen molar-refractivity contribution in [1.29, 1.82) is 0 Å². The van der Waals surface area contributed by atoms with Gasteiger partial charge in [-0.2, -0.15) is 0 Å². The van der Waals surface area contributed by atoms with Crippen LogP contribution in [-0.2, 0) is 30.1 Å². The Kier molecular flexibility index (Phi) is 7.33. The predicted octanol–water partition coefficient (Wildman–Crippen LogP) is 4.22. The van der Waals surface area contributed by atoms with E-state index in [4.69, 9.17) is 4.74 Å². The Morgan fingerprint density at radius 2 is 1.58 bits per heavy atom.